The van der Waals surface area contributed by atoms with E-state index in [1.165, 1.54) is 12.3 Å². The molecule has 7 heteroatoms. The van der Waals surface area contributed by atoms with Crippen LogP contribution in [0.3, 0.4) is 0 Å². The lowest BCUT2D eigenvalue weighted by molar-refractivity contribution is 0.508. The van der Waals surface area contributed by atoms with Crippen molar-refractivity contribution in [3.05, 3.63) is 34.7 Å². The van der Waals surface area contributed by atoms with Gasteiger partial charge in [-0.1, -0.05) is 19.9 Å². The van der Waals surface area contributed by atoms with Gasteiger partial charge in [0.25, 0.3) is 10.0 Å². The Bertz CT molecular complexity index is 586. The molecule has 2 aromatic rings. The van der Waals surface area contributed by atoms with E-state index in [-0.39, 0.29) is 10.4 Å². The van der Waals surface area contributed by atoms with Crippen LogP contribution in [0.5, 0.6) is 0 Å². The molecule has 5 nitrogen and oxygen atoms in total. The molecule has 0 amide bonds. The first-order valence-corrected chi connectivity index (χ1v) is 7.81. The van der Waals surface area contributed by atoms with Crippen LogP contribution in [0.15, 0.2) is 34.8 Å². The summed E-state index contributed by atoms with van der Waals surface area (Å²) in [5.74, 6) is 0. The van der Waals surface area contributed by atoms with Crippen LogP contribution in [0, 0.1) is 0 Å². The third kappa shape index (κ3) is 2.80. The fourth-order valence-corrected chi connectivity index (χ4v) is 3.47. The highest BCUT2D eigenvalue weighted by Gasteiger charge is 2.25. The van der Waals surface area contributed by atoms with Crippen molar-refractivity contribution in [2.45, 2.75) is 24.3 Å². The van der Waals surface area contributed by atoms with Crippen LogP contribution < -0.4 is 4.72 Å². The Morgan fingerprint density at radius 1 is 1.44 bits per heavy atom. The topological polar surface area (TPSA) is 74.8 Å². The smallest absolute Gasteiger partial charge is 0.257 e. The number of thiophene rings is 1. The Morgan fingerprint density at radius 2 is 2.22 bits per heavy atom. The van der Waals surface area contributed by atoms with Gasteiger partial charge in [0.05, 0.1) is 6.20 Å². The van der Waals surface area contributed by atoms with E-state index in [0.29, 0.717) is 6.54 Å². The molecule has 2 N–H and O–H groups in total. The Balaban J connectivity index is 2.09. The summed E-state index contributed by atoms with van der Waals surface area (Å²) in [5.41, 5.74) is -0.235. The average molecular weight is 285 g/mol. The van der Waals surface area contributed by atoms with E-state index in [9.17, 15) is 8.42 Å². The molecule has 0 saturated carbocycles. The van der Waals surface area contributed by atoms with Gasteiger partial charge in [0.2, 0.25) is 0 Å². The minimum Gasteiger partial charge on any atom is -0.266 e. The average Bonchev–Trinajstić information content (AvgIpc) is 2.99. The third-order valence-corrected chi connectivity index (χ3v) is 5.22. The molecule has 98 valence electrons. The number of H-pyrrole nitrogens is 1. The summed E-state index contributed by atoms with van der Waals surface area (Å²) >= 11 is 1.62. The predicted molar refractivity (Wildman–Crippen MR) is 71.1 cm³/mol. The van der Waals surface area contributed by atoms with Gasteiger partial charge in [0.1, 0.15) is 0 Å². The fraction of sp³-hybridized carbons (Fsp3) is 0.364. The molecular weight excluding hydrogens is 270 g/mol. The van der Waals surface area contributed by atoms with Crippen LogP contribution in [0.2, 0.25) is 0 Å². The predicted octanol–water partition coefficient (Wildman–Crippen LogP) is 1.73. The van der Waals surface area contributed by atoms with E-state index in [4.69, 9.17) is 0 Å². The van der Waals surface area contributed by atoms with Gasteiger partial charge in [-0.05, 0) is 17.5 Å². The molecule has 0 radical (unpaired) electrons. The first-order chi connectivity index (χ1) is 8.42. The highest BCUT2D eigenvalue weighted by atomic mass is 32.2. The Kier molecular flexibility index (Phi) is 3.56. The zero-order chi connectivity index (χ0) is 13.2. The van der Waals surface area contributed by atoms with Crippen molar-refractivity contribution in [2.24, 2.45) is 0 Å². The lowest BCUT2D eigenvalue weighted by Gasteiger charge is -2.23. The van der Waals surface area contributed by atoms with Crippen LogP contribution >= 0.6 is 11.3 Å². The molecule has 0 aliphatic carbocycles. The molecule has 0 bridgehead atoms. The second kappa shape index (κ2) is 4.83. The maximum absolute atomic E-state index is 11.9. The second-order valence-corrected chi connectivity index (χ2v) is 7.29. The molecule has 0 fully saturated rings. The number of hydrogen-bond donors (Lipinski definition) is 2. The number of aromatic amines is 1. The highest BCUT2D eigenvalue weighted by molar-refractivity contribution is 7.89. The van der Waals surface area contributed by atoms with Crippen LogP contribution in [-0.4, -0.2) is 25.2 Å². The van der Waals surface area contributed by atoms with Gasteiger partial charge in [0, 0.05) is 16.8 Å². The maximum Gasteiger partial charge on any atom is 0.257 e. The number of nitrogens with one attached hydrogen (secondary N) is 2. The molecule has 2 heterocycles. The van der Waals surface area contributed by atoms with Crippen LogP contribution in [0.1, 0.15) is 18.7 Å². The number of rotatable bonds is 5. The summed E-state index contributed by atoms with van der Waals surface area (Å²) in [6.45, 7) is 4.36. The minimum atomic E-state index is -3.50. The lowest BCUT2D eigenvalue weighted by Crippen LogP contribution is -2.36. The largest absolute Gasteiger partial charge is 0.266 e. The van der Waals surface area contributed by atoms with Crippen LogP contribution in [0.4, 0.5) is 0 Å². The minimum absolute atomic E-state index is 0.0875. The van der Waals surface area contributed by atoms with Crippen molar-refractivity contribution in [3.8, 4) is 0 Å². The highest BCUT2D eigenvalue weighted by Crippen LogP contribution is 2.27. The van der Waals surface area contributed by atoms with Crippen LogP contribution in [0.25, 0.3) is 0 Å². The number of aromatic nitrogens is 2. The van der Waals surface area contributed by atoms with Gasteiger partial charge in [-0.3, -0.25) is 5.10 Å². The van der Waals surface area contributed by atoms with Gasteiger partial charge in [0.15, 0.2) is 5.03 Å². The van der Waals surface area contributed by atoms with Crippen molar-refractivity contribution < 1.29 is 8.42 Å². The quantitative estimate of drug-likeness (QED) is 0.878. The maximum atomic E-state index is 11.9. The Hall–Kier alpha value is -1.18. The third-order valence-electron chi connectivity index (χ3n) is 2.66. The Morgan fingerprint density at radius 3 is 2.78 bits per heavy atom. The van der Waals surface area contributed by atoms with E-state index in [1.807, 2.05) is 31.4 Å². The summed E-state index contributed by atoms with van der Waals surface area (Å²) in [7, 11) is -3.50. The molecule has 2 rings (SSSR count). The molecular formula is C11H15N3O2S2. The van der Waals surface area contributed by atoms with Gasteiger partial charge in [-0.25, -0.2) is 13.1 Å². The lowest BCUT2D eigenvalue weighted by atomic mass is 9.92. The molecule has 0 unspecified atom stereocenters. The number of hydrogen-bond acceptors (Lipinski definition) is 4. The normalized spacial score (nSPS) is 12.8. The van der Waals surface area contributed by atoms with E-state index < -0.39 is 10.0 Å². The standard InChI is InChI=1S/C11H15N3O2S2/c1-11(2,9-4-3-7-17-9)8-13-18(15,16)10-5-6-12-14-10/h3-7,13H,8H2,1-2H3,(H,12,14). The van der Waals surface area contributed by atoms with Crippen molar-refractivity contribution in [1.82, 2.24) is 14.9 Å². The molecule has 18 heavy (non-hydrogen) atoms. The van der Waals surface area contributed by atoms with Crippen molar-refractivity contribution in [3.63, 3.8) is 0 Å². The zero-order valence-corrected chi connectivity index (χ0v) is 11.8. The van der Waals surface area contributed by atoms with E-state index in [0.717, 1.165) is 4.88 Å². The molecule has 0 aliphatic rings. The first-order valence-electron chi connectivity index (χ1n) is 5.45. The summed E-state index contributed by atoms with van der Waals surface area (Å²) < 4.78 is 26.5. The molecule has 2 aromatic heterocycles. The first kappa shape index (κ1) is 13.3. The van der Waals surface area contributed by atoms with Crippen molar-refractivity contribution in [1.29, 1.82) is 0 Å². The number of nitrogens with zero attached hydrogens (tertiary/aromatic N) is 1. The molecule has 0 spiro atoms. The fourth-order valence-electron chi connectivity index (χ4n) is 1.50. The van der Waals surface area contributed by atoms with E-state index >= 15 is 0 Å². The molecule has 0 aliphatic heterocycles. The van der Waals surface area contributed by atoms with Gasteiger partial charge < -0.3 is 0 Å². The van der Waals surface area contributed by atoms with E-state index in [1.54, 1.807) is 11.3 Å². The molecule has 0 atom stereocenters. The summed E-state index contributed by atoms with van der Waals surface area (Å²) in [6, 6.07) is 5.40. The van der Waals surface area contributed by atoms with Gasteiger partial charge in [-0.15, -0.1) is 11.3 Å². The number of sulfonamides is 1. The van der Waals surface area contributed by atoms with E-state index in [2.05, 4.69) is 14.9 Å². The summed E-state index contributed by atoms with van der Waals surface area (Å²) in [4.78, 5) is 1.15. The summed E-state index contributed by atoms with van der Waals surface area (Å²) in [5, 5.41) is 8.17. The zero-order valence-electron chi connectivity index (χ0n) is 10.2. The van der Waals surface area contributed by atoms with Gasteiger partial charge >= 0.3 is 0 Å². The van der Waals surface area contributed by atoms with Gasteiger partial charge in [-0.2, -0.15) is 5.10 Å². The van der Waals surface area contributed by atoms with Crippen molar-refractivity contribution in [2.75, 3.05) is 6.54 Å². The Labute approximate surface area is 110 Å². The van der Waals surface area contributed by atoms with Crippen molar-refractivity contribution >= 4 is 21.4 Å². The molecule has 0 aromatic carbocycles. The SMILES string of the molecule is CC(C)(CNS(=O)(=O)c1ccn[nH]1)c1cccs1. The van der Waals surface area contributed by atoms with Crippen LogP contribution in [-0.2, 0) is 15.4 Å². The molecule has 0 saturated heterocycles. The second-order valence-electron chi connectivity index (χ2n) is 4.61. The monoisotopic (exact) mass is 285 g/mol. The summed E-state index contributed by atoms with van der Waals surface area (Å²) in [6.07, 6.45) is 1.42.